The van der Waals surface area contributed by atoms with Gasteiger partial charge in [0, 0.05) is 68.1 Å². The molecule has 0 spiro atoms. The van der Waals surface area contributed by atoms with Crippen LogP contribution in [0.25, 0.3) is 11.3 Å². The van der Waals surface area contributed by atoms with E-state index in [2.05, 4.69) is 16.5 Å². The van der Waals surface area contributed by atoms with Gasteiger partial charge in [-0.3, -0.25) is 24.3 Å². The zero-order valence-corrected chi connectivity index (χ0v) is 36.4. The molecular weight excluding hydrogens is 759 g/mol. The molecule has 0 aromatic carbocycles. The minimum atomic E-state index is -1.60. The fourth-order valence-electron chi connectivity index (χ4n) is 9.41. The lowest BCUT2D eigenvalue weighted by Gasteiger charge is -2.47. The molecule has 1 unspecified atom stereocenters. The van der Waals surface area contributed by atoms with Gasteiger partial charge >= 0.3 is 12.1 Å². The van der Waals surface area contributed by atoms with Crippen LogP contribution in [0, 0.1) is 23.7 Å². The fourth-order valence-corrected chi connectivity index (χ4v) is 9.41. The second-order valence-electron chi connectivity index (χ2n) is 17.2. The summed E-state index contributed by atoms with van der Waals surface area (Å²) in [5, 5.41) is 11.5. The standard InChI is InChI=1S/C44H65N5O10/c1-12-34-44(13-2)38(49(42(54)59-44)20-15-14-19-48-24-32(46-25-48)31-17-16-18-45-23-31)28(5)35(50)26(3)22-43(8,55-11)39(29(6)36(51)30(7)40(53)57-34)58-41-37(52)33(47(9)10)21-27(4)56-41/h13,16-18,23-30,33-34,37-39,41,52H,2,12,14-15,19-22H2,1,3-11H3/t26-,27-,28+,29+,30-,33+,34-,37-,38-,39-,41?,43-,44-/m1/s1. The molecule has 0 saturated carbocycles. The van der Waals surface area contributed by atoms with E-state index >= 15 is 0 Å². The summed E-state index contributed by atoms with van der Waals surface area (Å²) in [5.41, 5.74) is -1.17. The number of carbonyl (C=O) groups is 4. The normalized spacial score (nSPS) is 36.2. The molecule has 5 rings (SSSR count). The molecule has 1 amide bonds. The number of nitrogens with zero attached hydrogens (tertiary/aromatic N) is 5. The number of fused-ring (bicyclic) bond motifs is 1. The molecule has 15 heteroatoms. The van der Waals surface area contributed by atoms with Gasteiger partial charge in [0.2, 0.25) is 0 Å². The highest BCUT2D eigenvalue weighted by Crippen LogP contribution is 2.44. The lowest BCUT2D eigenvalue weighted by molar-refractivity contribution is -0.295. The van der Waals surface area contributed by atoms with Crippen molar-refractivity contribution in [3.05, 3.63) is 49.7 Å². The summed E-state index contributed by atoms with van der Waals surface area (Å²) in [7, 11) is 5.23. The number of Topliss-reactive ketones (excluding diaryl/α,β-unsaturated/α-hetero) is 2. The first kappa shape index (κ1) is 46.1. The van der Waals surface area contributed by atoms with Crippen LogP contribution in [-0.4, -0.2) is 135 Å². The molecular formula is C44H65N5O10. The molecule has 15 nitrogen and oxygen atoms in total. The number of hydrogen-bond acceptors (Lipinski definition) is 13. The van der Waals surface area contributed by atoms with Crippen LogP contribution in [0.2, 0.25) is 0 Å². The second-order valence-corrected chi connectivity index (χ2v) is 17.2. The van der Waals surface area contributed by atoms with Crippen LogP contribution in [-0.2, 0) is 44.6 Å². The monoisotopic (exact) mass is 823 g/mol. The zero-order chi connectivity index (χ0) is 43.4. The number of hydrogen-bond donors (Lipinski definition) is 1. The maximum absolute atomic E-state index is 14.8. The third-order valence-electron chi connectivity index (χ3n) is 12.8. The Kier molecular flexibility index (Phi) is 14.9. The van der Waals surface area contributed by atoms with Gasteiger partial charge in [0.05, 0.1) is 35.9 Å². The van der Waals surface area contributed by atoms with Crippen molar-refractivity contribution in [3.63, 3.8) is 0 Å². The molecule has 5 heterocycles. The van der Waals surface area contributed by atoms with Crippen LogP contribution >= 0.6 is 0 Å². The zero-order valence-electron chi connectivity index (χ0n) is 36.4. The van der Waals surface area contributed by atoms with Gasteiger partial charge in [-0.25, -0.2) is 9.78 Å². The molecule has 0 radical (unpaired) electrons. The number of amides is 1. The van der Waals surface area contributed by atoms with E-state index in [-0.39, 0.29) is 37.3 Å². The van der Waals surface area contributed by atoms with Crippen molar-refractivity contribution in [2.45, 2.75) is 141 Å². The predicted molar refractivity (Wildman–Crippen MR) is 219 cm³/mol. The summed E-state index contributed by atoms with van der Waals surface area (Å²) in [6, 6.07) is 2.62. The van der Waals surface area contributed by atoms with Crippen LogP contribution in [0.4, 0.5) is 4.79 Å². The Labute approximate surface area is 348 Å². The Morgan fingerprint density at radius 3 is 2.41 bits per heavy atom. The van der Waals surface area contributed by atoms with Crippen LogP contribution in [0.1, 0.15) is 80.6 Å². The number of pyridine rings is 1. The molecule has 3 aliphatic rings. The van der Waals surface area contributed by atoms with E-state index in [4.69, 9.17) is 23.7 Å². The van der Waals surface area contributed by atoms with Crippen molar-refractivity contribution in [1.82, 2.24) is 24.3 Å². The highest BCUT2D eigenvalue weighted by atomic mass is 16.7. The first-order chi connectivity index (χ1) is 27.9. The summed E-state index contributed by atoms with van der Waals surface area (Å²) in [6.45, 7) is 17.1. The number of aliphatic hydroxyl groups is 1. The number of ether oxygens (including phenoxy) is 5. The lowest BCUT2D eigenvalue weighted by Crippen LogP contribution is -2.60. The Morgan fingerprint density at radius 1 is 1.07 bits per heavy atom. The third kappa shape index (κ3) is 9.49. The van der Waals surface area contributed by atoms with E-state index in [1.165, 1.54) is 20.1 Å². The van der Waals surface area contributed by atoms with Gasteiger partial charge in [-0.2, -0.15) is 0 Å². The van der Waals surface area contributed by atoms with E-state index in [9.17, 15) is 24.3 Å². The predicted octanol–water partition coefficient (Wildman–Crippen LogP) is 5.10. The molecule has 326 valence electrons. The first-order valence-electron chi connectivity index (χ1n) is 21.0. The number of aryl methyl sites for hydroxylation is 1. The largest absolute Gasteiger partial charge is 0.457 e. The minimum absolute atomic E-state index is 0.106. The first-order valence-corrected chi connectivity index (χ1v) is 21.0. The number of rotatable bonds is 12. The number of ketones is 2. The summed E-state index contributed by atoms with van der Waals surface area (Å²) in [5.74, 6) is -5.20. The third-order valence-corrected chi connectivity index (χ3v) is 12.8. The summed E-state index contributed by atoms with van der Waals surface area (Å²) in [4.78, 5) is 69.3. The highest BCUT2D eigenvalue weighted by Gasteiger charge is 2.61. The number of aliphatic hydroxyl groups excluding tert-OH is 1. The highest BCUT2D eigenvalue weighted by molar-refractivity contribution is 6.00. The SMILES string of the molecule is C=C[C@]12OC(=O)N(CCCCn3cnc(-c4cccnc4)c3)[C@@H]1[C@@H](C)C(=O)[C@H](C)C[C@@](C)(OC)[C@H](OC1O[C@H](C)C[C@H](N(C)C)[C@H]1O)[C@@H](C)C(=O)[C@@H](C)C(=O)O[C@@H]2CC. The lowest BCUT2D eigenvalue weighted by atomic mass is 9.72. The van der Waals surface area contributed by atoms with Gasteiger partial charge in [-0.15, -0.1) is 0 Å². The van der Waals surface area contributed by atoms with Gasteiger partial charge in [0.15, 0.2) is 17.7 Å². The molecule has 0 bridgehead atoms. The summed E-state index contributed by atoms with van der Waals surface area (Å²) >= 11 is 0. The van der Waals surface area contributed by atoms with E-state index < -0.39 is 83.4 Å². The number of imidazole rings is 1. The smallest absolute Gasteiger partial charge is 0.411 e. The van der Waals surface area contributed by atoms with Gasteiger partial charge in [0.25, 0.3) is 0 Å². The Balaban J connectivity index is 1.46. The van der Waals surface area contributed by atoms with Crippen LogP contribution in [0.15, 0.2) is 49.7 Å². The Morgan fingerprint density at radius 2 is 1.78 bits per heavy atom. The Hall–Kier alpha value is -4.02. The number of likely N-dealkylation sites (N-methyl/N-ethyl adjacent to an activating group) is 1. The van der Waals surface area contributed by atoms with Crippen LogP contribution in [0.5, 0.6) is 0 Å². The number of cyclic esters (lactones) is 1. The second kappa shape index (κ2) is 19.1. The fraction of sp³-hybridized carbons (Fsp3) is 0.682. The van der Waals surface area contributed by atoms with Crippen molar-refractivity contribution in [2.24, 2.45) is 23.7 Å². The topological polar surface area (TPSA) is 172 Å². The van der Waals surface area contributed by atoms with Gasteiger partial charge in [-0.05, 0) is 85.2 Å². The summed E-state index contributed by atoms with van der Waals surface area (Å²) < 4.78 is 33.3. The molecule has 3 fully saturated rings. The molecule has 3 aliphatic heterocycles. The van der Waals surface area contributed by atoms with Crippen molar-refractivity contribution in [1.29, 1.82) is 0 Å². The van der Waals surface area contributed by atoms with Crippen molar-refractivity contribution >= 4 is 23.6 Å². The van der Waals surface area contributed by atoms with Crippen molar-refractivity contribution in [2.75, 3.05) is 27.7 Å². The van der Waals surface area contributed by atoms with E-state index in [1.54, 1.807) is 58.2 Å². The van der Waals surface area contributed by atoms with Gasteiger partial charge in [0.1, 0.15) is 23.9 Å². The van der Waals surface area contributed by atoms with Crippen LogP contribution in [0.3, 0.4) is 0 Å². The van der Waals surface area contributed by atoms with Crippen molar-refractivity contribution < 1.29 is 48.0 Å². The molecule has 1 N–H and O–H groups in total. The number of aromatic nitrogens is 3. The number of methoxy groups -OCH3 is 1. The number of unbranched alkanes of at least 4 members (excludes halogenated alkanes) is 1. The average molecular weight is 824 g/mol. The molecule has 13 atom stereocenters. The maximum atomic E-state index is 14.8. The number of esters is 1. The molecule has 0 aliphatic carbocycles. The molecule has 3 saturated heterocycles. The quantitative estimate of drug-likeness (QED) is 0.130. The van der Waals surface area contributed by atoms with Crippen molar-refractivity contribution in [3.8, 4) is 11.3 Å². The maximum Gasteiger partial charge on any atom is 0.411 e. The minimum Gasteiger partial charge on any atom is -0.457 e. The van der Waals surface area contributed by atoms with E-state index in [0.717, 1.165) is 11.3 Å². The summed E-state index contributed by atoms with van der Waals surface area (Å²) in [6.07, 6.45) is 5.55. The molecule has 2 aromatic rings. The molecule has 2 aromatic heterocycles. The van der Waals surface area contributed by atoms with E-state index in [0.29, 0.717) is 25.8 Å². The van der Waals surface area contributed by atoms with E-state index in [1.807, 2.05) is 48.8 Å². The van der Waals surface area contributed by atoms with Crippen LogP contribution < -0.4 is 0 Å². The Bertz CT molecular complexity index is 1790. The molecule has 59 heavy (non-hydrogen) atoms. The van der Waals surface area contributed by atoms with Gasteiger partial charge < -0.3 is 38.3 Å². The average Bonchev–Trinajstić information content (AvgIpc) is 3.82. The van der Waals surface area contributed by atoms with Gasteiger partial charge in [-0.1, -0.05) is 34.3 Å². The number of carbonyl (C=O) groups excluding carboxylic acids is 4.